The molecule has 0 unspecified atom stereocenters. The Morgan fingerprint density at radius 2 is 1.94 bits per heavy atom. The molecule has 6 heteroatoms. The van der Waals surface area contributed by atoms with Crippen LogP contribution in [0.2, 0.25) is 0 Å². The fraction of sp³-hybridized carbons (Fsp3) is 0.545. The molecule has 0 radical (unpaired) electrons. The molecular weight excluding hydrogens is 224 g/mol. The minimum absolute atomic E-state index is 1.14. The lowest BCUT2D eigenvalue weighted by Gasteiger charge is -1.90. The fourth-order valence-corrected chi connectivity index (χ4v) is 1.22. The van der Waals surface area contributed by atoms with Crippen LogP contribution in [0.1, 0.15) is 26.7 Å². The van der Waals surface area contributed by atoms with E-state index in [0.717, 1.165) is 13.1 Å². The lowest BCUT2D eigenvalue weighted by molar-refractivity contribution is -0.696. The molecule has 0 spiro atoms. The maximum atomic E-state index is 9.04. The van der Waals surface area contributed by atoms with Crippen molar-refractivity contribution in [2.24, 2.45) is 0 Å². The van der Waals surface area contributed by atoms with Crippen LogP contribution in [0.5, 0.6) is 0 Å². The molecule has 0 aromatic carbocycles. The van der Waals surface area contributed by atoms with Crippen molar-refractivity contribution in [2.75, 3.05) is 0 Å². The molecule has 0 saturated carbocycles. The third-order valence-electron chi connectivity index (χ3n) is 1.88. The smallest absolute Gasteiger partial charge is 0.351 e. The lowest BCUT2D eigenvalue weighted by Crippen LogP contribution is -2.30. The van der Waals surface area contributed by atoms with Gasteiger partial charge in [0, 0.05) is 0 Å². The molecule has 0 aliphatic carbocycles. The molecule has 0 atom stereocenters. The van der Waals surface area contributed by atoms with Gasteiger partial charge in [0.15, 0.2) is 5.97 Å². The second-order valence-electron chi connectivity index (χ2n) is 3.48. The first-order valence-electron chi connectivity index (χ1n) is 5.50. The molecule has 1 aromatic rings. The van der Waals surface area contributed by atoms with E-state index in [-0.39, 0.29) is 0 Å². The van der Waals surface area contributed by atoms with Crippen LogP contribution in [0.3, 0.4) is 0 Å². The van der Waals surface area contributed by atoms with Crippen molar-refractivity contribution in [1.82, 2.24) is 4.57 Å². The number of carboxylic acids is 2. The highest BCUT2D eigenvalue weighted by Gasteiger charge is 1.99. The largest absolute Gasteiger partial charge is 0.539 e. The van der Waals surface area contributed by atoms with Crippen molar-refractivity contribution in [3.8, 4) is 0 Å². The number of aryl methyl sites for hydroxylation is 2. The van der Waals surface area contributed by atoms with Gasteiger partial charge in [-0.25, -0.2) is 13.9 Å². The molecule has 1 aromatic heterocycles. The van der Waals surface area contributed by atoms with Crippen LogP contribution in [-0.2, 0) is 22.7 Å². The van der Waals surface area contributed by atoms with Crippen LogP contribution < -0.4 is 9.67 Å². The first-order valence-corrected chi connectivity index (χ1v) is 5.50. The quantitative estimate of drug-likeness (QED) is 0.565. The Balaban J connectivity index is 0.000000366. The maximum absolute atomic E-state index is 9.04. The Labute approximate surface area is 100 Å². The normalized spacial score (nSPS) is 9.29. The third kappa shape index (κ3) is 7.10. The highest BCUT2D eigenvalue weighted by molar-refractivity contribution is 6.26. The van der Waals surface area contributed by atoms with E-state index in [4.69, 9.17) is 19.8 Å². The van der Waals surface area contributed by atoms with Crippen molar-refractivity contribution in [3.63, 3.8) is 0 Å². The second kappa shape index (κ2) is 8.32. The van der Waals surface area contributed by atoms with E-state index in [1.807, 2.05) is 0 Å². The molecule has 0 aliphatic heterocycles. The zero-order valence-corrected chi connectivity index (χ0v) is 10.1. The van der Waals surface area contributed by atoms with Gasteiger partial charge in [0.25, 0.3) is 0 Å². The summed E-state index contributed by atoms with van der Waals surface area (Å²) in [4.78, 5) is 18.0. The minimum atomic E-state index is -2.07. The van der Waals surface area contributed by atoms with Gasteiger partial charge in [-0.2, -0.15) is 0 Å². The molecule has 0 saturated heterocycles. The van der Waals surface area contributed by atoms with Gasteiger partial charge in [-0.05, 0) is 12.8 Å². The van der Waals surface area contributed by atoms with Crippen LogP contribution in [0, 0.1) is 0 Å². The van der Waals surface area contributed by atoms with Gasteiger partial charge >= 0.3 is 5.97 Å². The SMILES string of the molecule is CCCn1cc[n+](CCC)c1.O=C([O-])C(=O)O. The van der Waals surface area contributed by atoms with Gasteiger partial charge in [0.05, 0.1) is 13.1 Å². The van der Waals surface area contributed by atoms with Crippen LogP contribution in [0.15, 0.2) is 18.7 Å². The zero-order valence-electron chi connectivity index (χ0n) is 10.1. The molecule has 6 nitrogen and oxygen atoms in total. The first-order chi connectivity index (χ1) is 8.01. The van der Waals surface area contributed by atoms with Gasteiger partial charge in [-0.3, -0.25) is 0 Å². The average molecular weight is 242 g/mol. The van der Waals surface area contributed by atoms with E-state index in [0.29, 0.717) is 0 Å². The van der Waals surface area contributed by atoms with E-state index < -0.39 is 11.9 Å². The predicted octanol–water partition coefficient (Wildman–Crippen LogP) is -0.583. The van der Waals surface area contributed by atoms with E-state index in [1.165, 1.54) is 12.8 Å². The number of hydrogen-bond donors (Lipinski definition) is 1. The van der Waals surface area contributed by atoms with Crippen LogP contribution >= 0.6 is 0 Å². The maximum Gasteiger partial charge on any atom is 0.351 e. The van der Waals surface area contributed by atoms with Crippen molar-refractivity contribution in [1.29, 1.82) is 0 Å². The Hall–Kier alpha value is -1.85. The van der Waals surface area contributed by atoms with Crippen LogP contribution in [-0.4, -0.2) is 21.6 Å². The van der Waals surface area contributed by atoms with Gasteiger partial charge in [0.1, 0.15) is 12.4 Å². The van der Waals surface area contributed by atoms with E-state index in [1.54, 1.807) is 0 Å². The Bertz CT molecular complexity index is 328. The molecule has 0 aliphatic rings. The summed E-state index contributed by atoms with van der Waals surface area (Å²) < 4.78 is 4.46. The number of nitrogens with zero attached hydrogens (tertiary/aromatic N) is 2. The Kier molecular flexibility index (Phi) is 7.41. The number of carbonyl (C=O) groups is 2. The molecular formula is C11H18N2O4. The average Bonchev–Trinajstić information content (AvgIpc) is 2.68. The highest BCUT2D eigenvalue weighted by atomic mass is 16.4. The zero-order chi connectivity index (χ0) is 13.3. The summed E-state index contributed by atoms with van der Waals surface area (Å²) in [6.07, 6.45) is 8.87. The topological polar surface area (TPSA) is 86.2 Å². The molecule has 96 valence electrons. The number of imidazole rings is 1. The lowest BCUT2D eigenvalue weighted by atomic mass is 10.5. The number of carboxylic acid groups (broad SMARTS) is 2. The Morgan fingerprint density at radius 3 is 2.35 bits per heavy atom. The standard InChI is InChI=1S/C9H17N2.C2H2O4/c1-3-5-10-7-8-11(9-10)6-4-2;3-1(4)2(5)6/h7-9H,3-6H2,1-2H3;(H,3,4)(H,5,6)/q+1;/p-1. The fourth-order valence-electron chi connectivity index (χ4n) is 1.22. The van der Waals surface area contributed by atoms with Crippen molar-refractivity contribution >= 4 is 11.9 Å². The molecule has 0 fully saturated rings. The summed E-state index contributed by atoms with van der Waals surface area (Å²) in [5.41, 5.74) is 0. The van der Waals surface area contributed by atoms with Crippen LogP contribution in [0.25, 0.3) is 0 Å². The summed E-state index contributed by atoms with van der Waals surface area (Å²) >= 11 is 0. The predicted molar refractivity (Wildman–Crippen MR) is 57.9 cm³/mol. The van der Waals surface area contributed by atoms with E-state index in [9.17, 15) is 0 Å². The molecule has 17 heavy (non-hydrogen) atoms. The third-order valence-corrected chi connectivity index (χ3v) is 1.88. The number of aromatic nitrogens is 2. The van der Waals surface area contributed by atoms with Crippen LogP contribution in [0.4, 0.5) is 0 Å². The van der Waals surface area contributed by atoms with Crippen molar-refractivity contribution in [3.05, 3.63) is 18.7 Å². The summed E-state index contributed by atoms with van der Waals surface area (Å²) in [7, 11) is 0. The summed E-state index contributed by atoms with van der Waals surface area (Å²) in [5.74, 6) is -4.01. The molecule has 1 rings (SSSR count). The molecule has 1 heterocycles. The number of carbonyl (C=O) groups excluding carboxylic acids is 1. The number of rotatable bonds is 4. The van der Waals surface area contributed by atoms with Gasteiger partial charge in [-0.15, -0.1) is 0 Å². The monoisotopic (exact) mass is 242 g/mol. The minimum Gasteiger partial charge on any atom is -0.539 e. The van der Waals surface area contributed by atoms with Crippen molar-refractivity contribution < 1.29 is 24.4 Å². The van der Waals surface area contributed by atoms with Gasteiger partial charge in [0.2, 0.25) is 6.33 Å². The molecule has 1 N–H and O–H groups in total. The summed E-state index contributed by atoms with van der Waals surface area (Å²) in [5, 5.41) is 16.3. The first kappa shape index (κ1) is 15.2. The van der Waals surface area contributed by atoms with Gasteiger partial charge < -0.3 is 15.0 Å². The summed E-state index contributed by atoms with van der Waals surface area (Å²) in [6.45, 7) is 6.67. The summed E-state index contributed by atoms with van der Waals surface area (Å²) in [6, 6.07) is 0. The molecule has 0 amide bonds. The molecule has 0 bridgehead atoms. The number of aliphatic carboxylic acids is 2. The van der Waals surface area contributed by atoms with E-state index in [2.05, 4.69) is 41.7 Å². The highest BCUT2D eigenvalue weighted by Crippen LogP contribution is 1.88. The second-order valence-corrected chi connectivity index (χ2v) is 3.48. The van der Waals surface area contributed by atoms with E-state index >= 15 is 0 Å². The van der Waals surface area contributed by atoms with Crippen molar-refractivity contribution in [2.45, 2.75) is 39.8 Å². The number of hydrogen-bond acceptors (Lipinski definition) is 3. The Morgan fingerprint density at radius 1 is 1.35 bits per heavy atom. The van der Waals surface area contributed by atoms with Gasteiger partial charge in [-0.1, -0.05) is 13.8 Å².